The maximum atomic E-state index is 5.57. The summed E-state index contributed by atoms with van der Waals surface area (Å²) < 4.78 is 5.57. The van der Waals surface area contributed by atoms with E-state index in [1.165, 1.54) is 12.8 Å². The molecular formula is C20H23N3OS. The van der Waals surface area contributed by atoms with Crippen LogP contribution in [0.2, 0.25) is 0 Å². The third-order valence-electron chi connectivity index (χ3n) is 4.42. The zero-order valence-corrected chi connectivity index (χ0v) is 15.0. The average Bonchev–Trinajstić information content (AvgIpc) is 3.10. The first-order chi connectivity index (χ1) is 12.2. The lowest BCUT2D eigenvalue weighted by atomic mass is 9.93. The normalized spacial score (nSPS) is 15.4. The van der Waals surface area contributed by atoms with Crippen molar-refractivity contribution in [1.29, 1.82) is 0 Å². The van der Waals surface area contributed by atoms with Crippen LogP contribution in [0.1, 0.15) is 31.4 Å². The lowest BCUT2D eigenvalue weighted by Gasteiger charge is -2.31. The van der Waals surface area contributed by atoms with Crippen molar-refractivity contribution in [2.24, 2.45) is 0 Å². The van der Waals surface area contributed by atoms with E-state index < -0.39 is 0 Å². The number of nitrogens with zero attached hydrogens (tertiary/aromatic N) is 1. The van der Waals surface area contributed by atoms with Gasteiger partial charge in [-0.3, -0.25) is 4.98 Å². The molecule has 0 spiro atoms. The topological polar surface area (TPSA) is 46.2 Å². The summed E-state index contributed by atoms with van der Waals surface area (Å²) in [4.78, 5) is 4.56. The van der Waals surface area contributed by atoms with Crippen molar-refractivity contribution in [3.8, 4) is 5.75 Å². The fourth-order valence-corrected chi connectivity index (χ4v) is 3.58. The minimum Gasteiger partial charge on any atom is -0.489 e. The van der Waals surface area contributed by atoms with Crippen molar-refractivity contribution in [2.45, 2.75) is 31.2 Å². The van der Waals surface area contributed by atoms with Gasteiger partial charge in [-0.15, -0.1) is 0 Å². The molecule has 0 aliphatic heterocycles. The number of aromatic nitrogens is 1. The minimum atomic E-state index is -0.178. The number of ether oxygens (including phenoxy) is 1. The summed E-state index contributed by atoms with van der Waals surface area (Å²) >= 11 is 5.57. The molecule has 1 aromatic heterocycles. The molecule has 1 aromatic carbocycles. The molecule has 5 heteroatoms. The number of thiocarbonyl (C=S) groups is 1. The SMILES string of the molecule is C=CCOc1cccc(NC(=S)NC2(c3ccccn3)CCCC2)c1. The summed E-state index contributed by atoms with van der Waals surface area (Å²) in [6, 6.07) is 13.8. The van der Waals surface area contributed by atoms with Crippen LogP contribution in [0.3, 0.4) is 0 Å². The van der Waals surface area contributed by atoms with Gasteiger partial charge in [0.25, 0.3) is 0 Å². The van der Waals surface area contributed by atoms with Crippen molar-refractivity contribution in [2.75, 3.05) is 11.9 Å². The number of rotatable bonds is 6. The highest BCUT2D eigenvalue weighted by molar-refractivity contribution is 7.80. The van der Waals surface area contributed by atoms with Gasteiger partial charge in [-0.1, -0.05) is 37.6 Å². The summed E-state index contributed by atoms with van der Waals surface area (Å²) in [7, 11) is 0. The maximum Gasteiger partial charge on any atom is 0.171 e. The van der Waals surface area contributed by atoms with Crippen molar-refractivity contribution in [1.82, 2.24) is 10.3 Å². The van der Waals surface area contributed by atoms with E-state index in [1.807, 2.05) is 42.6 Å². The molecule has 4 nitrogen and oxygen atoms in total. The van der Waals surface area contributed by atoms with E-state index >= 15 is 0 Å². The molecule has 0 atom stereocenters. The lowest BCUT2D eigenvalue weighted by Crippen LogP contribution is -2.46. The van der Waals surface area contributed by atoms with Crippen LogP contribution >= 0.6 is 12.2 Å². The van der Waals surface area contributed by atoms with Crippen LogP contribution in [-0.4, -0.2) is 16.7 Å². The Kier molecular flexibility index (Phi) is 5.66. The molecule has 1 fully saturated rings. The highest BCUT2D eigenvalue weighted by atomic mass is 32.1. The standard InChI is InChI=1S/C20H23N3OS/c1-2-14-24-17-9-7-8-16(15-17)22-19(25)23-20(11-4-5-12-20)18-10-3-6-13-21-18/h2-3,6-10,13,15H,1,4-5,11-12,14H2,(H2,22,23,25). The average molecular weight is 353 g/mol. The van der Waals surface area contributed by atoms with Gasteiger partial charge >= 0.3 is 0 Å². The Morgan fingerprint density at radius 3 is 2.80 bits per heavy atom. The minimum absolute atomic E-state index is 0.178. The Labute approximate surface area is 154 Å². The molecule has 130 valence electrons. The molecule has 0 amide bonds. The molecule has 0 radical (unpaired) electrons. The van der Waals surface area contributed by atoms with Gasteiger partial charge < -0.3 is 15.4 Å². The zero-order valence-electron chi connectivity index (χ0n) is 14.2. The van der Waals surface area contributed by atoms with Crippen molar-refractivity contribution >= 4 is 23.0 Å². The molecule has 2 N–H and O–H groups in total. The van der Waals surface area contributed by atoms with Gasteiger partial charge in [0.15, 0.2) is 5.11 Å². The second-order valence-corrected chi connectivity index (χ2v) is 6.62. The fourth-order valence-electron chi connectivity index (χ4n) is 3.27. The molecular weight excluding hydrogens is 330 g/mol. The molecule has 25 heavy (non-hydrogen) atoms. The van der Waals surface area contributed by atoms with Gasteiger partial charge in [0, 0.05) is 18.0 Å². The Balaban J connectivity index is 1.70. The first kappa shape index (κ1) is 17.4. The Morgan fingerprint density at radius 2 is 2.08 bits per heavy atom. The molecule has 1 heterocycles. The van der Waals surface area contributed by atoms with Gasteiger partial charge in [-0.25, -0.2) is 0 Å². The number of pyridine rings is 1. The van der Waals surface area contributed by atoms with Crippen LogP contribution in [0.25, 0.3) is 0 Å². The van der Waals surface area contributed by atoms with Gasteiger partial charge in [0.2, 0.25) is 0 Å². The molecule has 1 aliphatic carbocycles. The van der Waals surface area contributed by atoms with E-state index in [4.69, 9.17) is 17.0 Å². The Hall–Kier alpha value is -2.40. The van der Waals surface area contributed by atoms with Crippen LogP contribution in [0.5, 0.6) is 5.75 Å². The first-order valence-electron chi connectivity index (χ1n) is 8.56. The van der Waals surface area contributed by atoms with E-state index in [0.29, 0.717) is 11.7 Å². The predicted octanol–water partition coefficient (Wildman–Crippen LogP) is 4.40. The molecule has 0 unspecified atom stereocenters. The van der Waals surface area contributed by atoms with E-state index in [-0.39, 0.29) is 5.54 Å². The highest BCUT2D eigenvalue weighted by Gasteiger charge is 2.37. The molecule has 0 bridgehead atoms. The number of hydrogen-bond acceptors (Lipinski definition) is 3. The molecule has 0 saturated heterocycles. The van der Waals surface area contributed by atoms with Crippen molar-refractivity contribution in [3.05, 3.63) is 67.0 Å². The van der Waals surface area contributed by atoms with Gasteiger partial charge in [-0.05, 0) is 49.3 Å². The van der Waals surface area contributed by atoms with Crippen molar-refractivity contribution in [3.63, 3.8) is 0 Å². The summed E-state index contributed by atoms with van der Waals surface area (Å²) in [6.45, 7) is 4.14. The Morgan fingerprint density at radius 1 is 1.24 bits per heavy atom. The van der Waals surface area contributed by atoms with Gasteiger partial charge in [0.1, 0.15) is 12.4 Å². The summed E-state index contributed by atoms with van der Waals surface area (Å²) in [5, 5.41) is 7.39. The van der Waals surface area contributed by atoms with E-state index in [0.717, 1.165) is 30.0 Å². The van der Waals surface area contributed by atoms with Gasteiger partial charge in [-0.2, -0.15) is 0 Å². The quantitative estimate of drug-likeness (QED) is 0.595. The second-order valence-electron chi connectivity index (χ2n) is 6.21. The largest absolute Gasteiger partial charge is 0.489 e. The fraction of sp³-hybridized carbons (Fsp3) is 0.300. The summed E-state index contributed by atoms with van der Waals surface area (Å²) in [5.41, 5.74) is 1.77. The van der Waals surface area contributed by atoms with Crippen LogP contribution in [0.15, 0.2) is 61.3 Å². The zero-order chi connectivity index (χ0) is 17.5. The number of nitrogens with one attached hydrogen (secondary N) is 2. The highest BCUT2D eigenvalue weighted by Crippen LogP contribution is 2.37. The monoisotopic (exact) mass is 353 g/mol. The number of hydrogen-bond donors (Lipinski definition) is 2. The van der Waals surface area contributed by atoms with Crippen LogP contribution < -0.4 is 15.4 Å². The van der Waals surface area contributed by atoms with Crippen LogP contribution in [-0.2, 0) is 5.54 Å². The smallest absolute Gasteiger partial charge is 0.171 e. The maximum absolute atomic E-state index is 5.57. The number of anilines is 1. The van der Waals surface area contributed by atoms with E-state index in [1.54, 1.807) is 6.08 Å². The number of benzene rings is 1. The molecule has 1 saturated carbocycles. The second kappa shape index (κ2) is 8.12. The molecule has 3 rings (SSSR count). The van der Waals surface area contributed by atoms with Crippen molar-refractivity contribution < 1.29 is 4.74 Å². The molecule has 1 aliphatic rings. The van der Waals surface area contributed by atoms with E-state index in [9.17, 15) is 0 Å². The lowest BCUT2D eigenvalue weighted by molar-refractivity contribution is 0.363. The third-order valence-corrected chi connectivity index (χ3v) is 4.63. The van der Waals surface area contributed by atoms with Crippen LogP contribution in [0.4, 0.5) is 5.69 Å². The third kappa shape index (κ3) is 4.37. The van der Waals surface area contributed by atoms with Gasteiger partial charge in [0.05, 0.1) is 11.2 Å². The first-order valence-corrected chi connectivity index (χ1v) is 8.97. The predicted molar refractivity (Wildman–Crippen MR) is 106 cm³/mol. The van der Waals surface area contributed by atoms with E-state index in [2.05, 4.69) is 28.3 Å². The molecule has 2 aromatic rings. The van der Waals surface area contributed by atoms with Crippen LogP contribution in [0, 0.1) is 0 Å². The summed E-state index contributed by atoms with van der Waals surface area (Å²) in [5.74, 6) is 0.785. The Bertz CT molecular complexity index is 727. The summed E-state index contributed by atoms with van der Waals surface area (Å²) in [6.07, 6.45) is 7.99.